The van der Waals surface area contributed by atoms with Gasteiger partial charge in [0.25, 0.3) is 0 Å². The predicted octanol–water partition coefficient (Wildman–Crippen LogP) is 2.35. The second-order valence-electron chi connectivity index (χ2n) is 3.80. The Morgan fingerprint density at radius 3 is 2.88 bits per heavy atom. The van der Waals surface area contributed by atoms with Crippen molar-refractivity contribution in [3.63, 3.8) is 0 Å². The molecule has 84 valence electrons. The molecule has 2 rings (SSSR count). The molecule has 0 atom stereocenters. The number of benzene rings is 1. The SMILES string of the molecule is CNCCc1nc(Cl)c2ccc(C)cc2n1. The molecule has 16 heavy (non-hydrogen) atoms. The van der Waals surface area contributed by atoms with Gasteiger partial charge in [0.05, 0.1) is 5.52 Å². The van der Waals surface area contributed by atoms with Gasteiger partial charge in [-0.2, -0.15) is 0 Å². The largest absolute Gasteiger partial charge is 0.319 e. The van der Waals surface area contributed by atoms with E-state index in [-0.39, 0.29) is 0 Å². The Labute approximate surface area is 99.9 Å². The molecule has 2 aromatic rings. The van der Waals surface area contributed by atoms with Crippen molar-refractivity contribution >= 4 is 22.5 Å². The van der Waals surface area contributed by atoms with E-state index in [2.05, 4.69) is 15.3 Å². The van der Waals surface area contributed by atoms with Crippen molar-refractivity contribution in [1.29, 1.82) is 0 Å². The zero-order chi connectivity index (χ0) is 11.5. The van der Waals surface area contributed by atoms with Gasteiger partial charge in [-0.15, -0.1) is 0 Å². The van der Waals surface area contributed by atoms with Crippen molar-refractivity contribution in [2.45, 2.75) is 13.3 Å². The molecule has 1 N–H and O–H groups in total. The van der Waals surface area contributed by atoms with Crippen LogP contribution in [0.5, 0.6) is 0 Å². The van der Waals surface area contributed by atoms with Gasteiger partial charge in [0.1, 0.15) is 11.0 Å². The van der Waals surface area contributed by atoms with E-state index >= 15 is 0 Å². The van der Waals surface area contributed by atoms with Crippen molar-refractivity contribution < 1.29 is 0 Å². The third kappa shape index (κ3) is 2.31. The summed E-state index contributed by atoms with van der Waals surface area (Å²) < 4.78 is 0. The molecule has 3 nitrogen and oxygen atoms in total. The first-order chi connectivity index (χ1) is 7.70. The molecule has 0 saturated carbocycles. The molecular weight excluding hydrogens is 222 g/mol. The monoisotopic (exact) mass is 235 g/mol. The fourth-order valence-electron chi connectivity index (χ4n) is 1.59. The Kier molecular flexibility index (Phi) is 3.36. The first-order valence-corrected chi connectivity index (χ1v) is 5.66. The van der Waals surface area contributed by atoms with Gasteiger partial charge in [-0.05, 0) is 31.7 Å². The fraction of sp³-hybridized carbons (Fsp3) is 0.333. The molecule has 0 aliphatic rings. The van der Waals surface area contributed by atoms with Gasteiger partial charge in [0.2, 0.25) is 0 Å². The Hall–Kier alpha value is -1.19. The lowest BCUT2D eigenvalue weighted by Gasteiger charge is -2.04. The van der Waals surface area contributed by atoms with Gasteiger partial charge in [-0.25, -0.2) is 9.97 Å². The van der Waals surface area contributed by atoms with Gasteiger partial charge < -0.3 is 5.32 Å². The number of rotatable bonds is 3. The number of likely N-dealkylation sites (N-methyl/N-ethyl adjacent to an activating group) is 1. The van der Waals surface area contributed by atoms with Crippen LogP contribution in [0.3, 0.4) is 0 Å². The summed E-state index contributed by atoms with van der Waals surface area (Å²) in [5.41, 5.74) is 2.10. The van der Waals surface area contributed by atoms with Gasteiger partial charge in [0, 0.05) is 18.4 Å². The number of nitrogens with zero attached hydrogens (tertiary/aromatic N) is 2. The number of fused-ring (bicyclic) bond motifs is 1. The Morgan fingerprint density at radius 1 is 1.31 bits per heavy atom. The van der Waals surface area contributed by atoms with Crippen molar-refractivity contribution in [3.05, 3.63) is 34.7 Å². The maximum atomic E-state index is 6.12. The number of halogens is 1. The van der Waals surface area contributed by atoms with Gasteiger partial charge in [0.15, 0.2) is 0 Å². The zero-order valence-electron chi connectivity index (χ0n) is 9.42. The summed E-state index contributed by atoms with van der Waals surface area (Å²) in [7, 11) is 1.91. The lowest BCUT2D eigenvalue weighted by Crippen LogP contribution is -2.12. The van der Waals surface area contributed by atoms with E-state index in [9.17, 15) is 0 Å². The number of aryl methyl sites for hydroxylation is 1. The summed E-state index contributed by atoms with van der Waals surface area (Å²) in [5, 5.41) is 4.53. The van der Waals surface area contributed by atoms with Crippen LogP contribution < -0.4 is 5.32 Å². The molecule has 1 aromatic carbocycles. The lowest BCUT2D eigenvalue weighted by atomic mass is 10.2. The standard InChI is InChI=1S/C12H14ClN3/c1-8-3-4-9-10(7-8)15-11(5-6-14-2)16-12(9)13/h3-4,7,14H,5-6H2,1-2H3. The molecule has 0 aliphatic carbocycles. The number of nitrogens with one attached hydrogen (secondary N) is 1. The average Bonchev–Trinajstić information content (AvgIpc) is 2.25. The van der Waals surface area contributed by atoms with Crippen LogP contribution in [0.4, 0.5) is 0 Å². The average molecular weight is 236 g/mol. The van der Waals surface area contributed by atoms with Crippen LogP contribution in [0, 0.1) is 6.92 Å². The Bertz CT molecular complexity index is 511. The molecule has 0 spiro atoms. The van der Waals surface area contributed by atoms with Gasteiger partial charge in [-0.3, -0.25) is 0 Å². The van der Waals surface area contributed by atoms with E-state index in [1.54, 1.807) is 0 Å². The topological polar surface area (TPSA) is 37.8 Å². The number of hydrogen-bond acceptors (Lipinski definition) is 3. The third-order valence-electron chi connectivity index (χ3n) is 2.45. The summed E-state index contributed by atoms with van der Waals surface area (Å²) in [6.07, 6.45) is 0.792. The minimum absolute atomic E-state index is 0.538. The van der Waals surface area contributed by atoms with E-state index in [0.29, 0.717) is 5.15 Å². The second-order valence-corrected chi connectivity index (χ2v) is 4.16. The summed E-state index contributed by atoms with van der Waals surface area (Å²) >= 11 is 6.12. The Balaban J connectivity index is 2.47. The van der Waals surface area contributed by atoms with Crippen LogP contribution in [0.15, 0.2) is 18.2 Å². The molecule has 0 bridgehead atoms. The molecule has 1 heterocycles. The first-order valence-electron chi connectivity index (χ1n) is 5.28. The molecule has 0 unspecified atom stereocenters. The predicted molar refractivity (Wildman–Crippen MR) is 66.9 cm³/mol. The fourth-order valence-corrected chi connectivity index (χ4v) is 1.85. The van der Waals surface area contributed by atoms with E-state index in [1.807, 2.05) is 32.2 Å². The summed E-state index contributed by atoms with van der Waals surface area (Å²) in [4.78, 5) is 8.78. The normalized spacial score (nSPS) is 10.9. The third-order valence-corrected chi connectivity index (χ3v) is 2.74. The molecule has 0 saturated heterocycles. The molecule has 0 radical (unpaired) electrons. The van der Waals surface area contributed by atoms with Crippen LogP contribution in [0.1, 0.15) is 11.4 Å². The number of aromatic nitrogens is 2. The highest BCUT2D eigenvalue weighted by atomic mass is 35.5. The molecule has 0 fully saturated rings. The minimum Gasteiger partial charge on any atom is -0.319 e. The van der Waals surface area contributed by atoms with Crippen LogP contribution >= 0.6 is 11.6 Å². The number of hydrogen-bond donors (Lipinski definition) is 1. The van der Waals surface area contributed by atoms with Crippen LogP contribution in [-0.2, 0) is 6.42 Å². The van der Waals surface area contributed by atoms with Crippen molar-refractivity contribution in [3.8, 4) is 0 Å². The smallest absolute Gasteiger partial charge is 0.140 e. The van der Waals surface area contributed by atoms with Crippen LogP contribution in [-0.4, -0.2) is 23.6 Å². The summed E-state index contributed by atoms with van der Waals surface area (Å²) in [6, 6.07) is 6.02. The quantitative estimate of drug-likeness (QED) is 0.830. The molecular formula is C12H14ClN3. The highest BCUT2D eigenvalue weighted by molar-refractivity contribution is 6.34. The second kappa shape index (κ2) is 4.76. The van der Waals surface area contributed by atoms with Crippen LogP contribution in [0.2, 0.25) is 5.15 Å². The molecule has 1 aromatic heterocycles. The molecule has 0 amide bonds. The highest BCUT2D eigenvalue weighted by Crippen LogP contribution is 2.21. The van der Waals surface area contributed by atoms with Crippen LogP contribution in [0.25, 0.3) is 10.9 Å². The lowest BCUT2D eigenvalue weighted by molar-refractivity contribution is 0.759. The van der Waals surface area contributed by atoms with E-state index in [1.165, 1.54) is 5.56 Å². The Morgan fingerprint density at radius 2 is 2.12 bits per heavy atom. The van der Waals surface area contributed by atoms with Crippen molar-refractivity contribution in [1.82, 2.24) is 15.3 Å². The van der Waals surface area contributed by atoms with E-state index in [0.717, 1.165) is 29.7 Å². The molecule has 0 aliphatic heterocycles. The maximum absolute atomic E-state index is 6.12. The van der Waals surface area contributed by atoms with Crippen molar-refractivity contribution in [2.24, 2.45) is 0 Å². The first kappa shape index (κ1) is 11.3. The molecule has 4 heteroatoms. The van der Waals surface area contributed by atoms with Gasteiger partial charge >= 0.3 is 0 Å². The highest BCUT2D eigenvalue weighted by Gasteiger charge is 2.05. The van der Waals surface area contributed by atoms with E-state index in [4.69, 9.17) is 11.6 Å². The van der Waals surface area contributed by atoms with E-state index < -0.39 is 0 Å². The van der Waals surface area contributed by atoms with Crippen molar-refractivity contribution in [2.75, 3.05) is 13.6 Å². The summed E-state index contributed by atoms with van der Waals surface area (Å²) in [5.74, 6) is 0.789. The zero-order valence-corrected chi connectivity index (χ0v) is 10.2. The minimum atomic E-state index is 0.538. The van der Waals surface area contributed by atoms with Gasteiger partial charge in [-0.1, -0.05) is 17.7 Å². The maximum Gasteiger partial charge on any atom is 0.140 e. The summed E-state index contributed by atoms with van der Waals surface area (Å²) in [6.45, 7) is 2.90.